The molecule has 1 saturated heterocycles. The molecule has 23 heavy (non-hydrogen) atoms. The molecule has 1 amide bonds. The highest BCUT2D eigenvalue weighted by atomic mass is 35.5. The van der Waals surface area contributed by atoms with E-state index in [2.05, 4.69) is 34.6 Å². The Morgan fingerprint density at radius 2 is 1.78 bits per heavy atom. The maximum Gasteiger partial charge on any atom is 0.238 e. The van der Waals surface area contributed by atoms with Gasteiger partial charge in [-0.15, -0.1) is 12.4 Å². The van der Waals surface area contributed by atoms with Gasteiger partial charge in [0.05, 0.1) is 6.54 Å². The third-order valence-corrected chi connectivity index (χ3v) is 4.38. The van der Waals surface area contributed by atoms with Gasteiger partial charge in [-0.25, -0.2) is 0 Å². The summed E-state index contributed by atoms with van der Waals surface area (Å²) in [6, 6.07) is 4.22. The molecule has 130 valence electrons. The van der Waals surface area contributed by atoms with Crippen LogP contribution in [0.25, 0.3) is 0 Å². The van der Waals surface area contributed by atoms with Gasteiger partial charge < -0.3 is 10.6 Å². The number of likely N-dealkylation sites (N-methyl/N-ethyl adjacent to an activating group) is 1. The van der Waals surface area contributed by atoms with Gasteiger partial charge in [0, 0.05) is 12.2 Å². The maximum absolute atomic E-state index is 12.3. The normalized spacial score (nSPS) is 15.3. The smallest absolute Gasteiger partial charge is 0.238 e. The topological polar surface area (TPSA) is 44.4 Å². The van der Waals surface area contributed by atoms with Crippen LogP contribution in [0.5, 0.6) is 0 Å². The molecule has 1 aliphatic heterocycles. The predicted octanol–water partition coefficient (Wildman–Crippen LogP) is 2.90. The van der Waals surface area contributed by atoms with Crippen molar-refractivity contribution >= 4 is 24.0 Å². The van der Waals surface area contributed by atoms with Crippen LogP contribution < -0.4 is 10.6 Å². The van der Waals surface area contributed by atoms with Gasteiger partial charge in [0.2, 0.25) is 5.91 Å². The first-order chi connectivity index (χ1) is 10.5. The molecule has 0 aliphatic carbocycles. The molecule has 1 aromatic rings. The van der Waals surface area contributed by atoms with E-state index in [1.807, 2.05) is 20.9 Å². The molecule has 1 aromatic carbocycles. The van der Waals surface area contributed by atoms with Crippen molar-refractivity contribution in [2.45, 2.75) is 33.6 Å². The lowest BCUT2D eigenvalue weighted by Gasteiger charge is -2.27. The SMILES string of the molecule is Cc1cc(C)c(NC(=O)CN(C)CC2CCNCC2)c(C)c1.Cl. The van der Waals surface area contributed by atoms with Gasteiger partial charge in [-0.3, -0.25) is 9.69 Å². The van der Waals surface area contributed by atoms with E-state index in [4.69, 9.17) is 0 Å². The fourth-order valence-electron chi connectivity index (χ4n) is 3.37. The summed E-state index contributed by atoms with van der Waals surface area (Å²) in [4.78, 5) is 14.4. The molecule has 2 rings (SSSR count). The van der Waals surface area contributed by atoms with E-state index in [1.54, 1.807) is 0 Å². The van der Waals surface area contributed by atoms with Crippen molar-refractivity contribution in [1.29, 1.82) is 0 Å². The number of hydrogen-bond acceptors (Lipinski definition) is 3. The maximum atomic E-state index is 12.3. The molecule has 0 spiro atoms. The van der Waals surface area contributed by atoms with E-state index in [0.29, 0.717) is 12.5 Å². The molecule has 2 N–H and O–H groups in total. The van der Waals surface area contributed by atoms with Crippen LogP contribution in [0.15, 0.2) is 12.1 Å². The molecule has 0 saturated carbocycles. The number of anilines is 1. The molecule has 0 bridgehead atoms. The summed E-state index contributed by atoms with van der Waals surface area (Å²) in [6.07, 6.45) is 2.42. The Kier molecular flexibility index (Phi) is 8.03. The number of carbonyl (C=O) groups is 1. The number of benzene rings is 1. The highest BCUT2D eigenvalue weighted by Gasteiger charge is 2.17. The summed E-state index contributed by atoms with van der Waals surface area (Å²) in [6.45, 7) is 9.84. The van der Waals surface area contributed by atoms with Crippen molar-refractivity contribution in [1.82, 2.24) is 10.2 Å². The number of nitrogens with zero attached hydrogens (tertiary/aromatic N) is 1. The highest BCUT2D eigenvalue weighted by Crippen LogP contribution is 2.22. The summed E-state index contributed by atoms with van der Waals surface area (Å²) in [5.41, 5.74) is 4.46. The predicted molar refractivity (Wildman–Crippen MR) is 99.6 cm³/mol. The number of halogens is 1. The van der Waals surface area contributed by atoms with E-state index in [1.165, 1.54) is 18.4 Å². The molecular weight excluding hydrogens is 310 g/mol. The molecule has 1 heterocycles. The zero-order valence-corrected chi connectivity index (χ0v) is 15.6. The fourth-order valence-corrected chi connectivity index (χ4v) is 3.37. The molecular formula is C18H30ClN3O. The van der Waals surface area contributed by atoms with Crippen LogP contribution in [-0.2, 0) is 4.79 Å². The Balaban J connectivity index is 0.00000264. The summed E-state index contributed by atoms with van der Waals surface area (Å²) in [7, 11) is 2.04. The van der Waals surface area contributed by atoms with E-state index < -0.39 is 0 Å². The highest BCUT2D eigenvalue weighted by molar-refractivity contribution is 5.93. The molecule has 5 heteroatoms. The molecule has 0 unspecified atom stereocenters. The summed E-state index contributed by atoms with van der Waals surface area (Å²) in [5, 5.41) is 6.46. The second-order valence-corrected chi connectivity index (χ2v) is 6.71. The average molecular weight is 340 g/mol. The van der Waals surface area contributed by atoms with E-state index in [-0.39, 0.29) is 18.3 Å². The molecule has 0 atom stereocenters. The van der Waals surface area contributed by atoms with Crippen LogP contribution in [-0.4, -0.2) is 44.0 Å². The number of piperidine rings is 1. The van der Waals surface area contributed by atoms with Gasteiger partial charge in [-0.2, -0.15) is 0 Å². The number of nitrogens with one attached hydrogen (secondary N) is 2. The van der Waals surface area contributed by atoms with Gasteiger partial charge in [-0.05, 0) is 70.8 Å². The first kappa shape index (κ1) is 19.9. The molecule has 0 radical (unpaired) electrons. The molecule has 0 aromatic heterocycles. The van der Waals surface area contributed by atoms with Crippen LogP contribution >= 0.6 is 12.4 Å². The Morgan fingerprint density at radius 1 is 1.22 bits per heavy atom. The number of hydrogen-bond donors (Lipinski definition) is 2. The van der Waals surface area contributed by atoms with Gasteiger partial charge in [0.15, 0.2) is 0 Å². The lowest BCUT2D eigenvalue weighted by Crippen LogP contribution is -2.37. The Labute approximate surface area is 146 Å². The largest absolute Gasteiger partial charge is 0.324 e. The van der Waals surface area contributed by atoms with E-state index in [0.717, 1.165) is 36.4 Å². The number of aryl methyl sites for hydroxylation is 3. The third-order valence-electron chi connectivity index (χ3n) is 4.38. The Morgan fingerprint density at radius 3 is 2.35 bits per heavy atom. The van der Waals surface area contributed by atoms with E-state index >= 15 is 0 Å². The molecule has 4 nitrogen and oxygen atoms in total. The van der Waals surface area contributed by atoms with Gasteiger partial charge in [-0.1, -0.05) is 17.7 Å². The number of rotatable bonds is 5. The number of amides is 1. The lowest BCUT2D eigenvalue weighted by molar-refractivity contribution is -0.117. The van der Waals surface area contributed by atoms with Crippen molar-refractivity contribution < 1.29 is 4.79 Å². The zero-order chi connectivity index (χ0) is 16.1. The summed E-state index contributed by atoms with van der Waals surface area (Å²) < 4.78 is 0. The minimum atomic E-state index is 0. The average Bonchev–Trinajstić information content (AvgIpc) is 2.43. The third kappa shape index (κ3) is 6.13. The second-order valence-electron chi connectivity index (χ2n) is 6.71. The zero-order valence-electron chi connectivity index (χ0n) is 14.7. The van der Waals surface area contributed by atoms with Crippen LogP contribution in [0.1, 0.15) is 29.5 Å². The summed E-state index contributed by atoms with van der Waals surface area (Å²) in [5.74, 6) is 0.786. The quantitative estimate of drug-likeness (QED) is 0.867. The van der Waals surface area contributed by atoms with Gasteiger partial charge in [0.25, 0.3) is 0 Å². The minimum Gasteiger partial charge on any atom is -0.324 e. The second kappa shape index (κ2) is 9.26. The van der Waals surface area contributed by atoms with Crippen molar-refractivity contribution in [3.8, 4) is 0 Å². The monoisotopic (exact) mass is 339 g/mol. The summed E-state index contributed by atoms with van der Waals surface area (Å²) >= 11 is 0. The van der Waals surface area contributed by atoms with E-state index in [9.17, 15) is 4.79 Å². The van der Waals surface area contributed by atoms with Crippen LogP contribution in [0, 0.1) is 26.7 Å². The van der Waals surface area contributed by atoms with Crippen molar-refractivity contribution in [2.75, 3.05) is 38.5 Å². The Hall–Kier alpha value is -1.10. The van der Waals surface area contributed by atoms with Gasteiger partial charge >= 0.3 is 0 Å². The fraction of sp³-hybridized carbons (Fsp3) is 0.611. The number of carbonyl (C=O) groups excluding carboxylic acids is 1. The first-order valence-corrected chi connectivity index (χ1v) is 8.22. The Bertz CT molecular complexity index is 504. The van der Waals surface area contributed by atoms with Crippen LogP contribution in [0.3, 0.4) is 0 Å². The van der Waals surface area contributed by atoms with Crippen molar-refractivity contribution in [3.63, 3.8) is 0 Å². The standard InChI is InChI=1S/C18H29N3O.ClH/c1-13-9-14(2)18(15(3)10-13)20-17(22)12-21(4)11-16-5-7-19-8-6-16;/h9-10,16,19H,5-8,11-12H2,1-4H3,(H,20,22);1H. The lowest BCUT2D eigenvalue weighted by atomic mass is 9.98. The van der Waals surface area contributed by atoms with Crippen LogP contribution in [0.2, 0.25) is 0 Å². The first-order valence-electron chi connectivity index (χ1n) is 8.22. The molecule has 1 aliphatic rings. The van der Waals surface area contributed by atoms with Crippen molar-refractivity contribution in [2.24, 2.45) is 5.92 Å². The van der Waals surface area contributed by atoms with Crippen molar-refractivity contribution in [3.05, 3.63) is 28.8 Å². The van der Waals surface area contributed by atoms with Crippen LogP contribution in [0.4, 0.5) is 5.69 Å². The van der Waals surface area contributed by atoms with Gasteiger partial charge in [0.1, 0.15) is 0 Å². The molecule has 1 fully saturated rings. The minimum absolute atomic E-state index is 0.